The second-order valence-corrected chi connectivity index (χ2v) is 5.54. The van der Waals surface area contributed by atoms with E-state index in [1.165, 1.54) is 23.0 Å². The Kier molecular flexibility index (Phi) is 7.39. The van der Waals surface area contributed by atoms with Gasteiger partial charge in [-0.15, -0.1) is 0 Å². The molecule has 0 bridgehead atoms. The summed E-state index contributed by atoms with van der Waals surface area (Å²) in [6.07, 6.45) is 3.41. The molecule has 0 aliphatic rings. The number of alkyl halides is 1. The summed E-state index contributed by atoms with van der Waals surface area (Å²) in [7, 11) is 0. The zero-order valence-electron chi connectivity index (χ0n) is 10.6. The van der Waals surface area contributed by atoms with Crippen LogP contribution in [-0.4, -0.2) is 21.7 Å². The highest BCUT2D eigenvalue weighted by Gasteiger charge is 2.12. The summed E-state index contributed by atoms with van der Waals surface area (Å²) in [6, 6.07) is 0. The number of nitrogens with zero attached hydrogens (tertiary/aromatic N) is 2. The molecule has 98 valence electrons. The van der Waals surface area contributed by atoms with Gasteiger partial charge < -0.3 is 5.32 Å². The Morgan fingerprint density at radius 3 is 2.65 bits per heavy atom. The van der Waals surface area contributed by atoms with Gasteiger partial charge in [0.1, 0.15) is 0 Å². The first-order valence-corrected chi connectivity index (χ1v) is 8.16. The Morgan fingerprint density at radius 1 is 1.29 bits per heavy atom. The van der Waals surface area contributed by atoms with Crippen LogP contribution in [0.5, 0.6) is 0 Å². The van der Waals surface area contributed by atoms with Gasteiger partial charge in [-0.3, -0.25) is 4.68 Å². The highest BCUT2D eigenvalue weighted by molar-refractivity contribution is 9.10. The number of hydrogen-bond donors (Lipinski definition) is 1. The molecule has 0 aliphatic heterocycles. The number of halogens is 2. The fourth-order valence-corrected chi connectivity index (χ4v) is 2.84. The molecule has 0 aromatic carbocycles. The molecule has 0 saturated heterocycles. The Labute approximate surface area is 121 Å². The molecule has 5 heteroatoms. The van der Waals surface area contributed by atoms with Crippen LogP contribution in [0, 0.1) is 0 Å². The quantitative estimate of drug-likeness (QED) is 0.563. The Bertz CT molecular complexity index is 337. The van der Waals surface area contributed by atoms with Crippen LogP contribution in [-0.2, 0) is 19.5 Å². The first-order chi connectivity index (χ1) is 8.24. The van der Waals surface area contributed by atoms with Gasteiger partial charge in [0, 0.05) is 18.4 Å². The fourth-order valence-electron chi connectivity index (χ4n) is 1.74. The predicted molar refractivity (Wildman–Crippen MR) is 79.7 cm³/mol. The molecule has 3 nitrogen and oxygen atoms in total. The number of unbranched alkanes of at least 4 members (excludes halogenated alkanes) is 1. The molecule has 1 aromatic rings. The molecule has 0 unspecified atom stereocenters. The minimum atomic E-state index is 0.893. The van der Waals surface area contributed by atoms with Gasteiger partial charge in [-0.2, -0.15) is 5.10 Å². The Balaban J connectivity index is 2.54. The van der Waals surface area contributed by atoms with E-state index in [-0.39, 0.29) is 0 Å². The second-order valence-electron chi connectivity index (χ2n) is 3.95. The lowest BCUT2D eigenvalue weighted by Gasteiger charge is -2.07. The summed E-state index contributed by atoms with van der Waals surface area (Å²) in [5.74, 6) is 0. The van der Waals surface area contributed by atoms with Crippen molar-refractivity contribution in [3.05, 3.63) is 15.9 Å². The number of hydrogen-bond acceptors (Lipinski definition) is 2. The maximum atomic E-state index is 4.58. The zero-order valence-corrected chi connectivity index (χ0v) is 13.8. The molecular formula is C12H21Br2N3. The Hall–Kier alpha value is 0.130. The first-order valence-electron chi connectivity index (χ1n) is 6.25. The van der Waals surface area contributed by atoms with E-state index in [0.717, 1.165) is 37.1 Å². The molecule has 1 N–H and O–H groups in total. The third-order valence-electron chi connectivity index (χ3n) is 2.72. The molecule has 0 saturated carbocycles. The smallest absolute Gasteiger partial charge is 0.0767 e. The van der Waals surface area contributed by atoms with E-state index in [1.807, 2.05) is 0 Å². The third-order valence-corrected chi connectivity index (χ3v) is 4.20. The largest absolute Gasteiger partial charge is 0.311 e. The number of aromatic nitrogens is 2. The highest BCUT2D eigenvalue weighted by atomic mass is 79.9. The van der Waals surface area contributed by atoms with Crippen molar-refractivity contribution in [2.75, 3.05) is 11.9 Å². The minimum absolute atomic E-state index is 0.893. The van der Waals surface area contributed by atoms with Crippen LogP contribution in [0.4, 0.5) is 0 Å². The molecule has 0 amide bonds. The van der Waals surface area contributed by atoms with Gasteiger partial charge in [0.15, 0.2) is 0 Å². The molecule has 1 rings (SSSR count). The van der Waals surface area contributed by atoms with E-state index in [4.69, 9.17) is 0 Å². The SMILES string of the molecule is CCc1nn(CC)c(CNCCCCBr)c1Br. The molecule has 0 aliphatic carbocycles. The molecule has 1 aromatic heterocycles. The fraction of sp³-hybridized carbons (Fsp3) is 0.750. The lowest BCUT2D eigenvalue weighted by atomic mass is 10.3. The zero-order chi connectivity index (χ0) is 12.7. The van der Waals surface area contributed by atoms with Crippen LogP contribution in [0.2, 0.25) is 0 Å². The van der Waals surface area contributed by atoms with Gasteiger partial charge in [-0.05, 0) is 48.7 Å². The molecule has 17 heavy (non-hydrogen) atoms. The number of nitrogens with one attached hydrogen (secondary N) is 1. The molecular weight excluding hydrogens is 346 g/mol. The summed E-state index contributed by atoms with van der Waals surface area (Å²) >= 11 is 7.10. The maximum Gasteiger partial charge on any atom is 0.0767 e. The molecule has 0 atom stereocenters. The van der Waals surface area contributed by atoms with Crippen LogP contribution in [0.3, 0.4) is 0 Å². The lowest BCUT2D eigenvalue weighted by molar-refractivity contribution is 0.568. The summed E-state index contributed by atoms with van der Waals surface area (Å²) in [5.41, 5.74) is 2.42. The van der Waals surface area contributed by atoms with Crippen molar-refractivity contribution in [3.8, 4) is 0 Å². The predicted octanol–water partition coefficient (Wildman–Crippen LogP) is 3.49. The highest BCUT2D eigenvalue weighted by Crippen LogP contribution is 2.22. The van der Waals surface area contributed by atoms with Crippen LogP contribution in [0.25, 0.3) is 0 Å². The number of aryl methyl sites for hydroxylation is 2. The second kappa shape index (κ2) is 8.27. The topological polar surface area (TPSA) is 29.9 Å². The van der Waals surface area contributed by atoms with Crippen LogP contribution in [0.1, 0.15) is 38.1 Å². The number of rotatable bonds is 8. The van der Waals surface area contributed by atoms with Gasteiger partial charge in [0.05, 0.1) is 15.9 Å². The van der Waals surface area contributed by atoms with Gasteiger partial charge in [-0.1, -0.05) is 22.9 Å². The molecule has 1 heterocycles. The van der Waals surface area contributed by atoms with E-state index in [0.29, 0.717) is 0 Å². The van der Waals surface area contributed by atoms with Gasteiger partial charge in [0.25, 0.3) is 0 Å². The average Bonchev–Trinajstić information content (AvgIpc) is 2.65. The maximum absolute atomic E-state index is 4.58. The molecule has 0 radical (unpaired) electrons. The van der Waals surface area contributed by atoms with Gasteiger partial charge in [-0.25, -0.2) is 0 Å². The van der Waals surface area contributed by atoms with Crippen molar-refractivity contribution in [1.29, 1.82) is 0 Å². The van der Waals surface area contributed by atoms with Crippen LogP contribution in [0.15, 0.2) is 4.47 Å². The van der Waals surface area contributed by atoms with Gasteiger partial charge in [0.2, 0.25) is 0 Å². The third kappa shape index (κ3) is 4.38. The van der Waals surface area contributed by atoms with E-state index in [1.54, 1.807) is 0 Å². The summed E-state index contributed by atoms with van der Waals surface area (Å²) < 4.78 is 3.26. The average molecular weight is 367 g/mol. The van der Waals surface area contributed by atoms with Crippen molar-refractivity contribution in [1.82, 2.24) is 15.1 Å². The molecule has 0 spiro atoms. The van der Waals surface area contributed by atoms with Gasteiger partial charge >= 0.3 is 0 Å². The summed E-state index contributed by atoms with van der Waals surface area (Å²) in [4.78, 5) is 0. The standard InChI is InChI=1S/C12H21Br2N3/c1-3-10-12(14)11(17(4-2)16-10)9-15-8-6-5-7-13/h15H,3-9H2,1-2H3. The molecule has 0 fully saturated rings. The Morgan fingerprint density at radius 2 is 2.06 bits per heavy atom. The lowest BCUT2D eigenvalue weighted by Crippen LogP contribution is -2.18. The van der Waals surface area contributed by atoms with Crippen molar-refractivity contribution in [3.63, 3.8) is 0 Å². The van der Waals surface area contributed by atoms with Crippen LogP contribution >= 0.6 is 31.9 Å². The van der Waals surface area contributed by atoms with E-state index >= 15 is 0 Å². The summed E-state index contributed by atoms with van der Waals surface area (Å²) in [5, 5.41) is 9.15. The van der Waals surface area contributed by atoms with Crippen molar-refractivity contribution in [2.24, 2.45) is 0 Å². The van der Waals surface area contributed by atoms with Crippen LogP contribution < -0.4 is 5.32 Å². The minimum Gasteiger partial charge on any atom is -0.311 e. The van der Waals surface area contributed by atoms with Crippen molar-refractivity contribution >= 4 is 31.9 Å². The van der Waals surface area contributed by atoms with Crippen molar-refractivity contribution < 1.29 is 0 Å². The normalized spacial score (nSPS) is 11.1. The van der Waals surface area contributed by atoms with Crippen molar-refractivity contribution in [2.45, 2.75) is 46.2 Å². The monoisotopic (exact) mass is 365 g/mol. The summed E-state index contributed by atoms with van der Waals surface area (Å²) in [6.45, 7) is 7.16. The van der Waals surface area contributed by atoms with E-state index < -0.39 is 0 Å². The van der Waals surface area contributed by atoms with E-state index in [9.17, 15) is 0 Å². The van der Waals surface area contributed by atoms with E-state index in [2.05, 4.69) is 60.8 Å². The first kappa shape index (κ1) is 15.2.